The predicted molar refractivity (Wildman–Crippen MR) is 84.8 cm³/mol. The van der Waals surface area contributed by atoms with Crippen molar-refractivity contribution in [3.63, 3.8) is 0 Å². The Morgan fingerprint density at radius 3 is 1.86 bits per heavy atom. The highest BCUT2D eigenvalue weighted by Gasteiger charge is 2.42. The minimum atomic E-state index is 0.316. The molecule has 0 aliphatic carbocycles. The summed E-state index contributed by atoms with van der Waals surface area (Å²) in [6.07, 6.45) is 10.9. The lowest BCUT2D eigenvalue weighted by molar-refractivity contribution is 0.262. The van der Waals surface area contributed by atoms with E-state index in [1.807, 2.05) is 36.9 Å². The zero-order valence-electron chi connectivity index (χ0n) is 12.6. The Balaban J connectivity index is 1.50. The molecule has 22 heavy (non-hydrogen) atoms. The molecular weight excluding hydrogens is 276 g/mol. The van der Waals surface area contributed by atoms with Gasteiger partial charge in [-0.15, -0.1) is 0 Å². The Hall–Kier alpha value is -2.24. The molecule has 0 radical (unpaired) electrons. The fourth-order valence-corrected chi connectivity index (χ4v) is 3.73. The van der Waals surface area contributed by atoms with Gasteiger partial charge in [-0.05, 0) is 31.4 Å². The molecule has 1 spiro atoms. The van der Waals surface area contributed by atoms with Crippen LogP contribution in [0.3, 0.4) is 0 Å². The summed E-state index contributed by atoms with van der Waals surface area (Å²) in [5.74, 6) is 1.71. The van der Waals surface area contributed by atoms with Crippen LogP contribution >= 0.6 is 0 Å². The summed E-state index contributed by atoms with van der Waals surface area (Å²) in [5, 5.41) is 0. The SMILES string of the molecule is c1cnc(N2CCC[C@]3(CCN(c4ncccn4)C3)C2)nc1. The van der Waals surface area contributed by atoms with Crippen LogP contribution in [0.4, 0.5) is 11.9 Å². The van der Waals surface area contributed by atoms with Crippen LogP contribution in [0.25, 0.3) is 0 Å². The largest absolute Gasteiger partial charge is 0.340 e. The molecule has 4 rings (SSSR count). The van der Waals surface area contributed by atoms with E-state index in [2.05, 4.69) is 29.7 Å². The summed E-state index contributed by atoms with van der Waals surface area (Å²) in [5.41, 5.74) is 0.316. The average molecular weight is 296 g/mol. The van der Waals surface area contributed by atoms with E-state index in [1.54, 1.807) is 0 Å². The predicted octanol–water partition coefficient (Wildman–Crippen LogP) is 1.76. The van der Waals surface area contributed by atoms with E-state index in [9.17, 15) is 0 Å². The first-order chi connectivity index (χ1) is 10.8. The van der Waals surface area contributed by atoms with E-state index < -0.39 is 0 Å². The van der Waals surface area contributed by atoms with Gasteiger partial charge in [-0.25, -0.2) is 19.9 Å². The van der Waals surface area contributed by atoms with Gasteiger partial charge in [0, 0.05) is 56.4 Å². The number of hydrogen-bond donors (Lipinski definition) is 0. The minimum Gasteiger partial charge on any atom is -0.340 e. The summed E-state index contributed by atoms with van der Waals surface area (Å²) in [6, 6.07) is 3.73. The van der Waals surface area contributed by atoms with Gasteiger partial charge in [-0.2, -0.15) is 0 Å². The van der Waals surface area contributed by atoms with E-state index in [0.29, 0.717) is 5.41 Å². The highest BCUT2D eigenvalue weighted by molar-refractivity contribution is 5.35. The summed E-state index contributed by atoms with van der Waals surface area (Å²) in [4.78, 5) is 22.3. The maximum atomic E-state index is 4.41. The van der Waals surface area contributed by atoms with Crippen molar-refractivity contribution in [2.24, 2.45) is 5.41 Å². The van der Waals surface area contributed by atoms with Crippen molar-refractivity contribution in [3.05, 3.63) is 36.9 Å². The van der Waals surface area contributed by atoms with E-state index in [1.165, 1.54) is 19.3 Å². The first kappa shape index (κ1) is 13.4. The molecule has 4 heterocycles. The zero-order valence-corrected chi connectivity index (χ0v) is 12.6. The second-order valence-electron chi connectivity index (χ2n) is 6.29. The fourth-order valence-electron chi connectivity index (χ4n) is 3.73. The van der Waals surface area contributed by atoms with Gasteiger partial charge in [-0.3, -0.25) is 0 Å². The van der Waals surface area contributed by atoms with Crippen molar-refractivity contribution in [3.8, 4) is 0 Å². The van der Waals surface area contributed by atoms with Crippen LogP contribution in [0.15, 0.2) is 36.9 Å². The molecule has 2 aliphatic rings. The van der Waals surface area contributed by atoms with Crippen LogP contribution in [0, 0.1) is 5.41 Å². The molecule has 6 nitrogen and oxygen atoms in total. The second kappa shape index (κ2) is 5.51. The third kappa shape index (κ3) is 2.49. The summed E-state index contributed by atoms with van der Waals surface area (Å²) in [6.45, 7) is 4.14. The summed E-state index contributed by atoms with van der Waals surface area (Å²) in [7, 11) is 0. The van der Waals surface area contributed by atoms with Gasteiger partial charge in [0.2, 0.25) is 11.9 Å². The van der Waals surface area contributed by atoms with Gasteiger partial charge < -0.3 is 9.80 Å². The molecule has 2 aliphatic heterocycles. The molecule has 114 valence electrons. The highest BCUT2D eigenvalue weighted by atomic mass is 15.3. The molecule has 0 saturated carbocycles. The van der Waals surface area contributed by atoms with Crippen molar-refractivity contribution in [2.45, 2.75) is 19.3 Å². The average Bonchev–Trinajstić information content (AvgIpc) is 3.00. The smallest absolute Gasteiger partial charge is 0.225 e. The lowest BCUT2D eigenvalue weighted by Crippen LogP contribution is -2.45. The normalized spacial score (nSPS) is 24.9. The third-order valence-corrected chi connectivity index (χ3v) is 4.77. The molecule has 6 heteroatoms. The summed E-state index contributed by atoms with van der Waals surface area (Å²) < 4.78 is 0. The minimum absolute atomic E-state index is 0.316. The van der Waals surface area contributed by atoms with Crippen LogP contribution < -0.4 is 9.80 Å². The monoisotopic (exact) mass is 296 g/mol. The Kier molecular flexibility index (Phi) is 3.36. The molecule has 0 unspecified atom stereocenters. The highest BCUT2D eigenvalue weighted by Crippen LogP contribution is 2.40. The maximum absolute atomic E-state index is 4.41. The van der Waals surface area contributed by atoms with Gasteiger partial charge in [-0.1, -0.05) is 0 Å². The second-order valence-corrected chi connectivity index (χ2v) is 6.29. The van der Waals surface area contributed by atoms with E-state index in [0.717, 1.165) is 38.1 Å². The molecule has 1 atom stereocenters. The molecule has 2 aromatic heterocycles. The molecule has 2 aromatic rings. The van der Waals surface area contributed by atoms with E-state index in [4.69, 9.17) is 0 Å². The molecule has 2 saturated heterocycles. The quantitative estimate of drug-likeness (QED) is 0.842. The fraction of sp³-hybridized carbons (Fsp3) is 0.500. The summed E-state index contributed by atoms with van der Waals surface area (Å²) >= 11 is 0. The first-order valence-electron chi connectivity index (χ1n) is 7.89. The van der Waals surface area contributed by atoms with Crippen molar-refractivity contribution in [1.29, 1.82) is 0 Å². The van der Waals surface area contributed by atoms with Crippen molar-refractivity contribution in [2.75, 3.05) is 36.0 Å². The Morgan fingerprint density at radius 1 is 0.727 bits per heavy atom. The molecular formula is C16H20N6. The topological polar surface area (TPSA) is 58.0 Å². The number of hydrogen-bond acceptors (Lipinski definition) is 6. The van der Waals surface area contributed by atoms with Crippen molar-refractivity contribution >= 4 is 11.9 Å². The van der Waals surface area contributed by atoms with Gasteiger partial charge in [0.1, 0.15) is 0 Å². The van der Waals surface area contributed by atoms with Gasteiger partial charge in [0.05, 0.1) is 0 Å². The Bertz CT molecular complexity index is 619. The molecule has 0 amide bonds. The number of aromatic nitrogens is 4. The third-order valence-electron chi connectivity index (χ3n) is 4.77. The number of anilines is 2. The lowest BCUT2D eigenvalue weighted by atomic mass is 9.79. The number of piperidine rings is 1. The van der Waals surface area contributed by atoms with Crippen LogP contribution in [0.2, 0.25) is 0 Å². The van der Waals surface area contributed by atoms with Crippen LogP contribution in [0.5, 0.6) is 0 Å². The molecule has 0 aromatic carbocycles. The molecule has 2 fully saturated rings. The van der Waals surface area contributed by atoms with Gasteiger partial charge >= 0.3 is 0 Å². The lowest BCUT2D eigenvalue weighted by Gasteiger charge is -2.40. The first-order valence-corrected chi connectivity index (χ1v) is 7.89. The molecule has 0 N–H and O–H groups in total. The van der Waals surface area contributed by atoms with E-state index in [-0.39, 0.29) is 0 Å². The van der Waals surface area contributed by atoms with Crippen molar-refractivity contribution in [1.82, 2.24) is 19.9 Å². The van der Waals surface area contributed by atoms with Crippen LogP contribution in [-0.2, 0) is 0 Å². The van der Waals surface area contributed by atoms with E-state index >= 15 is 0 Å². The van der Waals surface area contributed by atoms with Crippen LogP contribution in [-0.4, -0.2) is 46.1 Å². The number of nitrogens with zero attached hydrogens (tertiary/aromatic N) is 6. The van der Waals surface area contributed by atoms with Crippen molar-refractivity contribution < 1.29 is 0 Å². The van der Waals surface area contributed by atoms with Crippen LogP contribution in [0.1, 0.15) is 19.3 Å². The Labute approximate surface area is 130 Å². The van der Waals surface area contributed by atoms with Gasteiger partial charge in [0.15, 0.2) is 0 Å². The standard InChI is InChI=1S/C16H20N6/c1-4-16(12-21(10-1)14-17-6-2-7-18-14)5-11-22(13-16)15-19-8-3-9-20-15/h2-3,6-9H,1,4-5,10-13H2/t16-/m0/s1. The molecule has 0 bridgehead atoms. The zero-order chi connectivity index (χ0) is 14.8. The number of rotatable bonds is 2. The Morgan fingerprint density at radius 2 is 1.27 bits per heavy atom. The maximum Gasteiger partial charge on any atom is 0.225 e. The van der Waals surface area contributed by atoms with Gasteiger partial charge in [0.25, 0.3) is 0 Å².